The highest BCUT2D eigenvalue weighted by molar-refractivity contribution is 6.22. The number of hydrogen-bond donors (Lipinski definition) is 0. The monoisotopic (exact) mass is 379 g/mol. The number of amides is 2. The predicted molar refractivity (Wildman–Crippen MR) is 102 cm³/mol. The molecular formula is C22H21NO5. The smallest absolute Gasteiger partial charge is 0.338 e. The maximum atomic E-state index is 12.6. The number of ketones is 1. The van der Waals surface area contributed by atoms with E-state index in [2.05, 4.69) is 0 Å². The van der Waals surface area contributed by atoms with Crippen molar-refractivity contribution in [2.24, 2.45) is 0 Å². The van der Waals surface area contributed by atoms with E-state index >= 15 is 0 Å². The number of hydrogen-bond acceptors (Lipinski definition) is 5. The third-order valence-corrected chi connectivity index (χ3v) is 4.90. The van der Waals surface area contributed by atoms with E-state index in [0.717, 1.165) is 0 Å². The minimum Gasteiger partial charge on any atom is -0.451 e. The van der Waals surface area contributed by atoms with Crippen molar-refractivity contribution in [2.45, 2.75) is 39.3 Å². The van der Waals surface area contributed by atoms with Crippen LogP contribution in [0, 0.1) is 0 Å². The molecule has 0 N–H and O–H groups in total. The van der Waals surface area contributed by atoms with Gasteiger partial charge in [-0.25, -0.2) is 4.79 Å². The van der Waals surface area contributed by atoms with Gasteiger partial charge >= 0.3 is 5.97 Å². The second-order valence-electron chi connectivity index (χ2n) is 6.78. The van der Waals surface area contributed by atoms with Crippen LogP contribution in [0.25, 0.3) is 0 Å². The Labute approximate surface area is 163 Å². The van der Waals surface area contributed by atoms with E-state index in [-0.39, 0.29) is 34.4 Å². The summed E-state index contributed by atoms with van der Waals surface area (Å²) < 4.78 is 5.27. The van der Waals surface area contributed by atoms with Crippen LogP contribution < -0.4 is 0 Å². The van der Waals surface area contributed by atoms with Gasteiger partial charge in [0.2, 0.25) is 5.78 Å². The van der Waals surface area contributed by atoms with Crippen molar-refractivity contribution in [3.8, 4) is 0 Å². The zero-order chi connectivity index (χ0) is 20.4. The molecule has 1 aliphatic heterocycles. The molecule has 0 fully saturated rings. The van der Waals surface area contributed by atoms with Gasteiger partial charge in [0.1, 0.15) is 0 Å². The van der Waals surface area contributed by atoms with E-state index < -0.39 is 18.0 Å². The number of benzene rings is 2. The van der Waals surface area contributed by atoms with Crippen LogP contribution in [-0.2, 0) is 4.74 Å². The molecule has 0 saturated heterocycles. The van der Waals surface area contributed by atoms with Gasteiger partial charge in [0.25, 0.3) is 11.8 Å². The molecule has 2 atom stereocenters. The molecule has 144 valence electrons. The molecule has 0 radical (unpaired) electrons. The standard InChI is InChI=1S/C22H21NO5/c1-4-13(2)23-20(25)17-11-10-16(12-18(17)21(23)26)22(27)28-14(3)19(24)15-8-6-5-7-9-15/h5-14H,4H2,1-3H3/t13-,14+/m0/s1. The fraction of sp³-hybridized carbons (Fsp3) is 0.273. The molecule has 1 aliphatic rings. The molecule has 0 saturated carbocycles. The van der Waals surface area contributed by atoms with Crippen molar-refractivity contribution in [1.82, 2.24) is 4.90 Å². The molecule has 0 aliphatic carbocycles. The van der Waals surface area contributed by atoms with E-state index in [1.807, 2.05) is 6.92 Å². The molecule has 2 aromatic carbocycles. The quantitative estimate of drug-likeness (QED) is 0.436. The van der Waals surface area contributed by atoms with E-state index in [1.165, 1.54) is 30.0 Å². The summed E-state index contributed by atoms with van der Waals surface area (Å²) in [5.74, 6) is -1.81. The maximum absolute atomic E-state index is 12.6. The molecule has 6 heteroatoms. The molecule has 2 aromatic rings. The Morgan fingerprint density at radius 1 is 0.929 bits per heavy atom. The summed E-state index contributed by atoms with van der Waals surface area (Å²) in [5, 5.41) is 0. The Kier molecular flexibility index (Phi) is 5.40. The summed E-state index contributed by atoms with van der Waals surface area (Å²) in [6.45, 7) is 5.19. The highest BCUT2D eigenvalue weighted by atomic mass is 16.5. The Morgan fingerprint density at radius 3 is 2.21 bits per heavy atom. The van der Waals surface area contributed by atoms with E-state index in [4.69, 9.17) is 4.74 Å². The molecule has 0 spiro atoms. The minimum atomic E-state index is -0.975. The fourth-order valence-corrected chi connectivity index (χ4v) is 3.09. The fourth-order valence-electron chi connectivity index (χ4n) is 3.09. The van der Waals surface area contributed by atoms with Crippen LogP contribution in [0.2, 0.25) is 0 Å². The molecular weight excluding hydrogens is 358 g/mol. The third-order valence-electron chi connectivity index (χ3n) is 4.90. The molecule has 6 nitrogen and oxygen atoms in total. The topological polar surface area (TPSA) is 80.8 Å². The summed E-state index contributed by atoms with van der Waals surface area (Å²) in [7, 11) is 0. The number of carbonyl (C=O) groups excluding carboxylic acids is 4. The molecule has 3 rings (SSSR count). The van der Waals surface area contributed by atoms with Crippen molar-refractivity contribution in [3.05, 3.63) is 70.8 Å². The number of ether oxygens (including phenoxy) is 1. The molecule has 0 unspecified atom stereocenters. The molecule has 28 heavy (non-hydrogen) atoms. The highest BCUT2D eigenvalue weighted by Crippen LogP contribution is 2.27. The number of nitrogens with zero attached hydrogens (tertiary/aromatic N) is 1. The second-order valence-corrected chi connectivity index (χ2v) is 6.78. The van der Waals surface area contributed by atoms with Gasteiger partial charge in [-0.3, -0.25) is 19.3 Å². The van der Waals surface area contributed by atoms with Gasteiger partial charge < -0.3 is 4.74 Å². The van der Waals surface area contributed by atoms with Gasteiger partial charge in [-0.2, -0.15) is 0 Å². The third kappa shape index (κ3) is 3.45. The van der Waals surface area contributed by atoms with Gasteiger partial charge in [-0.15, -0.1) is 0 Å². The highest BCUT2D eigenvalue weighted by Gasteiger charge is 2.38. The van der Waals surface area contributed by atoms with Crippen LogP contribution in [0.3, 0.4) is 0 Å². The number of esters is 1. The summed E-state index contributed by atoms with van der Waals surface area (Å²) >= 11 is 0. The first-order valence-electron chi connectivity index (χ1n) is 9.17. The van der Waals surface area contributed by atoms with Crippen molar-refractivity contribution < 1.29 is 23.9 Å². The molecule has 2 amide bonds. The van der Waals surface area contributed by atoms with Gasteiger partial charge in [-0.05, 0) is 38.5 Å². The van der Waals surface area contributed by atoms with E-state index in [1.54, 1.807) is 37.3 Å². The number of Topliss-reactive ketones (excluding diaryl/α,β-unsaturated/α-hetero) is 1. The number of imide groups is 1. The van der Waals surface area contributed by atoms with Crippen LogP contribution in [0.1, 0.15) is 68.6 Å². The lowest BCUT2D eigenvalue weighted by Gasteiger charge is -2.20. The summed E-state index contributed by atoms with van der Waals surface area (Å²) in [4.78, 5) is 51.1. The van der Waals surface area contributed by atoms with Crippen LogP contribution in [0.4, 0.5) is 0 Å². The van der Waals surface area contributed by atoms with Crippen LogP contribution >= 0.6 is 0 Å². The van der Waals surface area contributed by atoms with Gasteiger partial charge in [-0.1, -0.05) is 37.3 Å². The van der Waals surface area contributed by atoms with E-state index in [9.17, 15) is 19.2 Å². The van der Waals surface area contributed by atoms with Gasteiger partial charge in [0.05, 0.1) is 16.7 Å². The Hall–Kier alpha value is -3.28. The number of fused-ring (bicyclic) bond motifs is 1. The number of carbonyl (C=O) groups is 4. The SMILES string of the molecule is CC[C@H](C)N1C(=O)c2ccc(C(=O)O[C@H](C)C(=O)c3ccccc3)cc2C1=O. The first kappa shape index (κ1) is 19.5. The van der Waals surface area contributed by atoms with Crippen LogP contribution in [-0.4, -0.2) is 40.6 Å². The van der Waals surface area contributed by atoms with Gasteiger partial charge in [0.15, 0.2) is 6.10 Å². The zero-order valence-corrected chi connectivity index (χ0v) is 16.0. The minimum absolute atomic E-state index is 0.124. The summed E-state index contributed by atoms with van der Waals surface area (Å²) in [6.07, 6.45) is -0.337. The van der Waals surface area contributed by atoms with E-state index in [0.29, 0.717) is 12.0 Å². The van der Waals surface area contributed by atoms with Crippen molar-refractivity contribution in [1.29, 1.82) is 0 Å². The zero-order valence-electron chi connectivity index (χ0n) is 16.0. The van der Waals surface area contributed by atoms with Crippen molar-refractivity contribution in [2.75, 3.05) is 0 Å². The largest absolute Gasteiger partial charge is 0.451 e. The first-order chi connectivity index (χ1) is 13.3. The predicted octanol–water partition coefficient (Wildman–Crippen LogP) is 3.51. The Bertz CT molecular complexity index is 951. The lowest BCUT2D eigenvalue weighted by atomic mass is 10.1. The van der Waals surface area contributed by atoms with Gasteiger partial charge in [0, 0.05) is 11.6 Å². The lowest BCUT2D eigenvalue weighted by molar-refractivity contribution is 0.0318. The average molecular weight is 379 g/mol. The normalized spacial score (nSPS) is 15.2. The first-order valence-corrected chi connectivity index (χ1v) is 9.17. The van der Waals surface area contributed by atoms with Crippen LogP contribution in [0.15, 0.2) is 48.5 Å². The summed E-state index contributed by atoms with van der Waals surface area (Å²) in [5.41, 5.74) is 1.03. The average Bonchev–Trinajstić information content (AvgIpc) is 2.97. The maximum Gasteiger partial charge on any atom is 0.338 e. The van der Waals surface area contributed by atoms with Crippen molar-refractivity contribution in [3.63, 3.8) is 0 Å². The Morgan fingerprint density at radius 2 is 1.57 bits per heavy atom. The lowest BCUT2D eigenvalue weighted by Crippen LogP contribution is -2.37. The molecule has 1 heterocycles. The number of rotatable bonds is 6. The van der Waals surface area contributed by atoms with Crippen LogP contribution in [0.5, 0.6) is 0 Å². The molecule has 0 aromatic heterocycles. The second kappa shape index (κ2) is 7.76. The summed E-state index contributed by atoms with van der Waals surface area (Å²) in [6, 6.07) is 12.6. The molecule has 0 bridgehead atoms. The Balaban J connectivity index is 1.78. The van der Waals surface area contributed by atoms with Crippen molar-refractivity contribution >= 4 is 23.6 Å².